The zero-order valence-electron chi connectivity index (χ0n) is 11.0. The maximum Gasteiger partial charge on any atom is 0.340 e. The van der Waals surface area contributed by atoms with Crippen LogP contribution in [-0.4, -0.2) is 30.9 Å². The summed E-state index contributed by atoms with van der Waals surface area (Å²) in [5.41, 5.74) is 0. The molecule has 0 spiro atoms. The molecule has 0 aromatic heterocycles. The van der Waals surface area contributed by atoms with E-state index in [9.17, 15) is 27.2 Å². The number of rotatable bonds is 7. The largest absolute Gasteiger partial charge is 0.459 e. The molecule has 22 heavy (non-hydrogen) atoms. The molecule has 0 amide bonds. The summed E-state index contributed by atoms with van der Waals surface area (Å²) in [6.45, 7) is -1.73. The molecule has 1 aromatic carbocycles. The predicted molar refractivity (Wildman–Crippen MR) is 70.9 cm³/mol. The van der Waals surface area contributed by atoms with E-state index in [-0.39, 0.29) is 5.75 Å². The van der Waals surface area contributed by atoms with Crippen molar-refractivity contribution in [1.29, 1.82) is 0 Å². The Balaban J connectivity index is 2.32. The maximum atomic E-state index is 12.5. The SMILES string of the molecule is O=C(CCC(=O)Oc1ccc(Br)cc1)OCC(F)(F)C(F)F. The van der Waals surface area contributed by atoms with Gasteiger partial charge in [0.15, 0.2) is 6.61 Å². The van der Waals surface area contributed by atoms with Crippen molar-refractivity contribution in [3.8, 4) is 5.75 Å². The summed E-state index contributed by atoms with van der Waals surface area (Å²) in [5.74, 6) is -6.13. The van der Waals surface area contributed by atoms with Gasteiger partial charge in [0.2, 0.25) is 0 Å². The molecule has 0 N–H and O–H groups in total. The Kier molecular flexibility index (Phi) is 6.79. The maximum absolute atomic E-state index is 12.5. The fourth-order valence-electron chi connectivity index (χ4n) is 1.20. The number of carbonyl (C=O) groups excluding carboxylic acids is 2. The standard InChI is InChI=1S/C13H11BrF4O4/c14-8-1-3-9(4-2-8)22-11(20)6-5-10(19)21-7-13(17,18)12(15)16/h1-4,12H,5-7H2. The number of esters is 2. The van der Waals surface area contributed by atoms with Gasteiger partial charge < -0.3 is 9.47 Å². The van der Waals surface area contributed by atoms with Crippen molar-refractivity contribution in [2.75, 3.05) is 6.61 Å². The second-order valence-corrected chi connectivity index (χ2v) is 5.07. The normalized spacial score (nSPS) is 11.4. The molecule has 122 valence electrons. The molecule has 9 heteroatoms. The van der Waals surface area contributed by atoms with Crippen LogP contribution in [0.4, 0.5) is 17.6 Å². The number of carbonyl (C=O) groups is 2. The molecule has 1 aromatic rings. The van der Waals surface area contributed by atoms with E-state index in [1.54, 1.807) is 12.1 Å². The summed E-state index contributed by atoms with van der Waals surface area (Å²) in [5, 5.41) is 0. The first kappa shape index (κ1) is 18.4. The van der Waals surface area contributed by atoms with Crippen molar-refractivity contribution < 1.29 is 36.6 Å². The number of hydrogen-bond acceptors (Lipinski definition) is 4. The molecular formula is C13H11BrF4O4. The average molecular weight is 387 g/mol. The van der Waals surface area contributed by atoms with Crippen LogP contribution < -0.4 is 4.74 Å². The van der Waals surface area contributed by atoms with E-state index in [0.29, 0.717) is 0 Å². The van der Waals surface area contributed by atoms with Crippen LogP contribution >= 0.6 is 15.9 Å². The van der Waals surface area contributed by atoms with Gasteiger partial charge in [0.1, 0.15) is 5.75 Å². The summed E-state index contributed by atoms with van der Waals surface area (Å²) in [6.07, 6.45) is -4.90. The smallest absolute Gasteiger partial charge is 0.340 e. The Morgan fingerprint density at radius 2 is 1.64 bits per heavy atom. The zero-order valence-corrected chi connectivity index (χ0v) is 12.6. The Bertz CT molecular complexity index is 519. The second-order valence-electron chi connectivity index (χ2n) is 4.15. The van der Waals surface area contributed by atoms with Gasteiger partial charge >= 0.3 is 24.3 Å². The van der Waals surface area contributed by atoms with Crippen molar-refractivity contribution in [1.82, 2.24) is 0 Å². The molecular weight excluding hydrogens is 376 g/mol. The average Bonchev–Trinajstić information content (AvgIpc) is 2.45. The minimum absolute atomic E-state index is 0.241. The van der Waals surface area contributed by atoms with Gasteiger partial charge in [-0.25, -0.2) is 8.78 Å². The molecule has 0 saturated heterocycles. The summed E-state index contributed by atoms with van der Waals surface area (Å²) in [4.78, 5) is 22.5. The zero-order chi connectivity index (χ0) is 16.8. The van der Waals surface area contributed by atoms with Crippen LogP contribution in [0, 0.1) is 0 Å². The van der Waals surface area contributed by atoms with Crippen molar-refractivity contribution in [2.24, 2.45) is 0 Å². The molecule has 4 nitrogen and oxygen atoms in total. The Labute approximate surface area is 131 Å². The third-order valence-corrected chi connectivity index (χ3v) is 2.85. The van der Waals surface area contributed by atoms with Gasteiger partial charge in [0.25, 0.3) is 0 Å². The first-order chi connectivity index (χ1) is 10.2. The first-order valence-corrected chi connectivity index (χ1v) is 6.78. The van der Waals surface area contributed by atoms with Gasteiger partial charge in [0, 0.05) is 4.47 Å². The van der Waals surface area contributed by atoms with Gasteiger partial charge in [-0.3, -0.25) is 9.59 Å². The fraction of sp³-hybridized carbons (Fsp3) is 0.385. The van der Waals surface area contributed by atoms with E-state index >= 15 is 0 Å². The van der Waals surface area contributed by atoms with E-state index in [2.05, 4.69) is 20.7 Å². The summed E-state index contributed by atoms with van der Waals surface area (Å²) >= 11 is 3.19. The third-order valence-electron chi connectivity index (χ3n) is 2.32. The highest BCUT2D eigenvalue weighted by molar-refractivity contribution is 9.10. The number of benzene rings is 1. The van der Waals surface area contributed by atoms with E-state index in [0.717, 1.165) is 4.47 Å². The molecule has 0 aliphatic rings. The first-order valence-electron chi connectivity index (χ1n) is 5.98. The molecule has 0 heterocycles. The highest BCUT2D eigenvalue weighted by Crippen LogP contribution is 2.23. The van der Waals surface area contributed by atoms with E-state index < -0.39 is 43.7 Å². The van der Waals surface area contributed by atoms with Crippen molar-refractivity contribution in [3.63, 3.8) is 0 Å². The van der Waals surface area contributed by atoms with Crippen LogP contribution in [0.2, 0.25) is 0 Å². The molecule has 0 atom stereocenters. The molecule has 0 fully saturated rings. The van der Waals surface area contributed by atoms with Crippen LogP contribution in [0.5, 0.6) is 5.75 Å². The van der Waals surface area contributed by atoms with E-state index in [1.807, 2.05) is 0 Å². The number of hydrogen-bond donors (Lipinski definition) is 0. The summed E-state index contributed by atoms with van der Waals surface area (Å²) < 4.78 is 58.3. The van der Waals surface area contributed by atoms with Crippen LogP contribution in [0.1, 0.15) is 12.8 Å². The monoisotopic (exact) mass is 386 g/mol. The lowest BCUT2D eigenvalue weighted by atomic mass is 10.3. The van der Waals surface area contributed by atoms with Gasteiger partial charge in [-0.2, -0.15) is 8.78 Å². The van der Waals surface area contributed by atoms with Crippen molar-refractivity contribution in [2.45, 2.75) is 25.2 Å². The van der Waals surface area contributed by atoms with Crippen LogP contribution in [0.15, 0.2) is 28.7 Å². The van der Waals surface area contributed by atoms with Crippen LogP contribution in [0.3, 0.4) is 0 Å². The lowest BCUT2D eigenvalue weighted by molar-refractivity contribution is -0.180. The quantitative estimate of drug-likeness (QED) is 0.408. The molecule has 0 aliphatic heterocycles. The molecule has 0 aliphatic carbocycles. The number of alkyl halides is 4. The summed E-state index contributed by atoms with van der Waals surface area (Å²) in [6, 6.07) is 6.26. The van der Waals surface area contributed by atoms with E-state index in [1.165, 1.54) is 12.1 Å². The van der Waals surface area contributed by atoms with Crippen LogP contribution in [-0.2, 0) is 14.3 Å². The highest BCUT2D eigenvalue weighted by Gasteiger charge is 2.42. The molecule has 0 bridgehead atoms. The van der Waals surface area contributed by atoms with Gasteiger partial charge in [-0.05, 0) is 24.3 Å². The van der Waals surface area contributed by atoms with Gasteiger partial charge in [-0.15, -0.1) is 0 Å². The molecule has 0 radical (unpaired) electrons. The second kappa shape index (κ2) is 8.11. The number of ether oxygens (including phenoxy) is 2. The van der Waals surface area contributed by atoms with Crippen molar-refractivity contribution in [3.05, 3.63) is 28.7 Å². The lowest BCUT2D eigenvalue weighted by Crippen LogP contribution is -2.33. The molecule has 0 unspecified atom stereocenters. The molecule has 0 saturated carbocycles. The minimum atomic E-state index is -4.41. The van der Waals surface area contributed by atoms with Gasteiger partial charge in [0.05, 0.1) is 12.8 Å². The number of halogens is 5. The summed E-state index contributed by atoms with van der Waals surface area (Å²) in [7, 11) is 0. The molecule has 1 rings (SSSR count). The van der Waals surface area contributed by atoms with Crippen molar-refractivity contribution >= 4 is 27.9 Å². The third kappa shape index (κ3) is 6.42. The predicted octanol–water partition coefficient (Wildman–Crippen LogP) is 3.58. The van der Waals surface area contributed by atoms with E-state index in [4.69, 9.17) is 4.74 Å². The minimum Gasteiger partial charge on any atom is -0.459 e. The Morgan fingerprint density at radius 1 is 1.09 bits per heavy atom. The lowest BCUT2D eigenvalue weighted by Gasteiger charge is -2.14. The highest BCUT2D eigenvalue weighted by atomic mass is 79.9. The fourth-order valence-corrected chi connectivity index (χ4v) is 1.47. The van der Waals surface area contributed by atoms with Crippen LogP contribution in [0.25, 0.3) is 0 Å². The Morgan fingerprint density at radius 3 is 2.18 bits per heavy atom. The Hall–Kier alpha value is -1.64. The van der Waals surface area contributed by atoms with Gasteiger partial charge in [-0.1, -0.05) is 15.9 Å². The topological polar surface area (TPSA) is 52.6 Å².